The summed E-state index contributed by atoms with van der Waals surface area (Å²) in [5.74, 6) is 2.09. The highest BCUT2D eigenvalue weighted by Crippen LogP contribution is 2.35. The summed E-state index contributed by atoms with van der Waals surface area (Å²) in [5, 5.41) is 6.08. The Morgan fingerprint density at radius 2 is 2.28 bits per heavy atom. The van der Waals surface area contributed by atoms with E-state index in [1.54, 1.807) is 0 Å². The quantitative estimate of drug-likeness (QED) is 0.821. The molecule has 18 heavy (non-hydrogen) atoms. The van der Waals surface area contributed by atoms with Crippen molar-refractivity contribution in [2.75, 3.05) is 19.9 Å². The van der Waals surface area contributed by atoms with Gasteiger partial charge in [0.25, 0.3) is 0 Å². The van der Waals surface area contributed by atoms with Crippen molar-refractivity contribution in [1.82, 2.24) is 10.6 Å². The lowest BCUT2D eigenvalue weighted by Gasteiger charge is -2.26. The van der Waals surface area contributed by atoms with Gasteiger partial charge in [0, 0.05) is 18.5 Å². The number of ether oxygens (including phenoxy) is 2. The lowest BCUT2D eigenvalue weighted by Crippen LogP contribution is -2.44. The molecule has 5 nitrogen and oxygen atoms in total. The molecule has 0 aromatic heterocycles. The monoisotopic (exact) mass is 248 g/mol. The first-order valence-electron chi connectivity index (χ1n) is 6.18. The molecule has 2 heterocycles. The highest BCUT2D eigenvalue weighted by Gasteiger charge is 2.21. The summed E-state index contributed by atoms with van der Waals surface area (Å²) in [7, 11) is 0. The topological polar surface area (TPSA) is 59.6 Å². The molecule has 0 bridgehead atoms. The number of hydrogen-bond donors (Lipinski definition) is 2. The maximum Gasteiger partial charge on any atom is 0.231 e. The maximum atomic E-state index is 11.7. The molecule has 2 aliphatic heterocycles. The van der Waals surface area contributed by atoms with Gasteiger partial charge in [-0.3, -0.25) is 4.79 Å². The second-order valence-electron chi connectivity index (χ2n) is 4.66. The molecule has 0 saturated carbocycles. The molecule has 5 heteroatoms. The zero-order valence-corrected chi connectivity index (χ0v) is 10.1. The van der Waals surface area contributed by atoms with Crippen molar-refractivity contribution in [2.24, 2.45) is 5.92 Å². The van der Waals surface area contributed by atoms with Gasteiger partial charge >= 0.3 is 0 Å². The van der Waals surface area contributed by atoms with Gasteiger partial charge in [-0.15, -0.1) is 0 Å². The number of hydrogen-bond acceptors (Lipinski definition) is 4. The molecule has 1 aromatic rings. The van der Waals surface area contributed by atoms with Crippen molar-refractivity contribution < 1.29 is 14.3 Å². The summed E-state index contributed by atoms with van der Waals surface area (Å²) < 4.78 is 10.7. The molecule has 2 aliphatic rings. The largest absolute Gasteiger partial charge is 0.454 e. The van der Waals surface area contributed by atoms with Gasteiger partial charge < -0.3 is 20.1 Å². The molecule has 0 unspecified atom stereocenters. The van der Waals surface area contributed by atoms with Crippen molar-refractivity contribution in [1.29, 1.82) is 0 Å². The minimum atomic E-state index is 0.0954. The van der Waals surface area contributed by atoms with E-state index in [0.29, 0.717) is 18.9 Å². The van der Waals surface area contributed by atoms with Gasteiger partial charge in [-0.2, -0.15) is 0 Å². The standard InChI is InChI=1S/C13H16N2O3/c16-12(4-9-5-14-6-9)15-7-10-2-1-3-11-13(10)18-8-17-11/h1-3,9,14H,4-8H2,(H,15,16). The molecule has 0 radical (unpaired) electrons. The fraction of sp³-hybridized carbons (Fsp3) is 0.462. The first-order valence-corrected chi connectivity index (χ1v) is 6.18. The van der Waals surface area contributed by atoms with E-state index in [9.17, 15) is 4.79 Å². The molecule has 0 aliphatic carbocycles. The first-order chi connectivity index (χ1) is 8.83. The fourth-order valence-electron chi connectivity index (χ4n) is 2.15. The van der Waals surface area contributed by atoms with Crippen LogP contribution < -0.4 is 20.1 Å². The molecule has 0 spiro atoms. The van der Waals surface area contributed by atoms with Crippen molar-refractivity contribution in [3.05, 3.63) is 23.8 Å². The van der Waals surface area contributed by atoms with Crippen LogP contribution in [0.25, 0.3) is 0 Å². The van der Waals surface area contributed by atoms with Crippen LogP contribution in [0.15, 0.2) is 18.2 Å². The van der Waals surface area contributed by atoms with Crippen molar-refractivity contribution in [2.45, 2.75) is 13.0 Å². The van der Waals surface area contributed by atoms with Crippen LogP contribution in [0, 0.1) is 5.92 Å². The minimum absolute atomic E-state index is 0.0954. The third-order valence-electron chi connectivity index (χ3n) is 3.29. The Hall–Kier alpha value is -1.75. The predicted molar refractivity (Wildman–Crippen MR) is 65.4 cm³/mol. The van der Waals surface area contributed by atoms with Crippen LogP contribution in [0.1, 0.15) is 12.0 Å². The fourth-order valence-corrected chi connectivity index (χ4v) is 2.15. The molecule has 1 fully saturated rings. The van der Waals surface area contributed by atoms with Crippen LogP contribution in [-0.2, 0) is 11.3 Å². The smallest absolute Gasteiger partial charge is 0.231 e. The molecule has 1 aromatic carbocycles. The Balaban J connectivity index is 1.56. The van der Waals surface area contributed by atoms with Crippen molar-refractivity contribution in [3.8, 4) is 11.5 Å². The Morgan fingerprint density at radius 1 is 1.39 bits per heavy atom. The maximum absolute atomic E-state index is 11.7. The van der Waals surface area contributed by atoms with Gasteiger partial charge in [0.05, 0.1) is 0 Å². The zero-order chi connectivity index (χ0) is 12.4. The second-order valence-corrected chi connectivity index (χ2v) is 4.66. The average molecular weight is 248 g/mol. The van der Waals surface area contributed by atoms with E-state index in [2.05, 4.69) is 10.6 Å². The van der Waals surface area contributed by atoms with Gasteiger partial charge in [0.1, 0.15) is 0 Å². The summed E-state index contributed by atoms with van der Waals surface area (Å²) in [5.41, 5.74) is 0.963. The van der Waals surface area contributed by atoms with E-state index in [1.807, 2.05) is 18.2 Å². The molecule has 1 saturated heterocycles. The minimum Gasteiger partial charge on any atom is -0.454 e. The second kappa shape index (κ2) is 4.86. The Morgan fingerprint density at radius 3 is 3.06 bits per heavy atom. The van der Waals surface area contributed by atoms with Crippen molar-refractivity contribution in [3.63, 3.8) is 0 Å². The molecule has 0 atom stereocenters. The van der Waals surface area contributed by atoms with Gasteiger partial charge in [-0.1, -0.05) is 12.1 Å². The summed E-state index contributed by atoms with van der Waals surface area (Å²) in [6, 6.07) is 5.72. The van der Waals surface area contributed by atoms with E-state index in [-0.39, 0.29) is 12.7 Å². The summed E-state index contributed by atoms with van der Waals surface area (Å²) in [4.78, 5) is 11.7. The van der Waals surface area contributed by atoms with Gasteiger partial charge in [0.15, 0.2) is 11.5 Å². The highest BCUT2D eigenvalue weighted by molar-refractivity contribution is 5.76. The van der Waals surface area contributed by atoms with Crippen LogP contribution in [0.4, 0.5) is 0 Å². The molecule has 1 amide bonds. The molecular weight excluding hydrogens is 232 g/mol. The average Bonchev–Trinajstić information content (AvgIpc) is 2.80. The number of benzene rings is 1. The predicted octanol–water partition coefficient (Wildman–Crippen LogP) is 0.641. The van der Waals surface area contributed by atoms with E-state index >= 15 is 0 Å². The number of carbonyl (C=O) groups excluding carboxylic acids is 1. The third kappa shape index (κ3) is 2.26. The van der Waals surface area contributed by atoms with Crippen molar-refractivity contribution >= 4 is 5.91 Å². The summed E-state index contributed by atoms with van der Waals surface area (Å²) >= 11 is 0. The zero-order valence-electron chi connectivity index (χ0n) is 10.1. The molecular formula is C13H16N2O3. The number of amides is 1. The van der Waals surface area contributed by atoms with Crippen LogP contribution in [0.3, 0.4) is 0 Å². The van der Waals surface area contributed by atoms with Crippen LogP contribution >= 0.6 is 0 Å². The van der Waals surface area contributed by atoms with E-state index in [4.69, 9.17) is 9.47 Å². The molecule has 96 valence electrons. The summed E-state index contributed by atoms with van der Waals surface area (Å²) in [6.07, 6.45) is 0.597. The lowest BCUT2D eigenvalue weighted by atomic mass is 9.99. The van der Waals surface area contributed by atoms with Gasteiger partial charge in [-0.05, 0) is 25.1 Å². The Kier molecular flexibility index (Phi) is 3.06. The van der Waals surface area contributed by atoms with Crippen LogP contribution in [0.5, 0.6) is 11.5 Å². The molecule has 2 N–H and O–H groups in total. The van der Waals surface area contributed by atoms with Crippen LogP contribution in [-0.4, -0.2) is 25.8 Å². The first kappa shape index (κ1) is 11.3. The Bertz CT molecular complexity index is 458. The highest BCUT2D eigenvalue weighted by atomic mass is 16.7. The lowest BCUT2D eigenvalue weighted by molar-refractivity contribution is -0.122. The van der Waals surface area contributed by atoms with Gasteiger partial charge in [-0.25, -0.2) is 0 Å². The van der Waals surface area contributed by atoms with E-state index < -0.39 is 0 Å². The number of para-hydroxylation sites is 1. The SMILES string of the molecule is O=C(CC1CNC1)NCc1cccc2c1OCO2. The Labute approximate surface area is 105 Å². The molecule has 3 rings (SSSR count). The number of fused-ring (bicyclic) bond motifs is 1. The normalized spacial score (nSPS) is 17.3. The number of nitrogens with one attached hydrogen (secondary N) is 2. The van der Waals surface area contributed by atoms with Gasteiger partial charge in [0.2, 0.25) is 12.7 Å². The van der Waals surface area contributed by atoms with Crippen LogP contribution in [0.2, 0.25) is 0 Å². The third-order valence-corrected chi connectivity index (χ3v) is 3.29. The number of rotatable bonds is 4. The number of carbonyl (C=O) groups is 1. The van der Waals surface area contributed by atoms with E-state index in [1.165, 1.54) is 0 Å². The summed E-state index contributed by atoms with van der Waals surface area (Å²) in [6.45, 7) is 2.65. The van der Waals surface area contributed by atoms with E-state index in [0.717, 1.165) is 30.2 Å².